The van der Waals surface area contributed by atoms with Gasteiger partial charge in [-0.25, -0.2) is 0 Å². The SMILES string of the molecule is O=C(Nc1ccccc1)c1c(Br)ccc(Br)c1O. The predicted molar refractivity (Wildman–Crippen MR) is 77.9 cm³/mol. The molecule has 0 aliphatic rings. The molecule has 0 saturated carbocycles. The van der Waals surface area contributed by atoms with Gasteiger partial charge >= 0.3 is 0 Å². The van der Waals surface area contributed by atoms with E-state index < -0.39 is 0 Å². The van der Waals surface area contributed by atoms with Crippen molar-refractivity contribution < 1.29 is 9.90 Å². The lowest BCUT2D eigenvalue weighted by Gasteiger charge is -2.09. The number of phenolic OH excluding ortho intramolecular Hbond substituents is 1. The second kappa shape index (κ2) is 5.54. The van der Waals surface area contributed by atoms with E-state index in [1.807, 2.05) is 18.2 Å². The van der Waals surface area contributed by atoms with Crippen LogP contribution in [-0.2, 0) is 0 Å². The number of hydrogen-bond acceptors (Lipinski definition) is 2. The summed E-state index contributed by atoms with van der Waals surface area (Å²) in [6.45, 7) is 0. The van der Waals surface area contributed by atoms with Gasteiger partial charge in [0.05, 0.1) is 10.0 Å². The summed E-state index contributed by atoms with van der Waals surface area (Å²) in [6.07, 6.45) is 0. The van der Waals surface area contributed by atoms with Crippen LogP contribution < -0.4 is 5.32 Å². The number of anilines is 1. The van der Waals surface area contributed by atoms with Gasteiger partial charge in [0.15, 0.2) is 0 Å². The Kier molecular flexibility index (Phi) is 4.04. The first kappa shape index (κ1) is 13.1. The maximum atomic E-state index is 12.1. The van der Waals surface area contributed by atoms with Crippen molar-refractivity contribution in [3.8, 4) is 5.75 Å². The lowest BCUT2D eigenvalue weighted by Crippen LogP contribution is -2.12. The lowest BCUT2D eigenvalue weighted by molar-refractivity contribution is 0.102. The second-order valence-electron chi connectivity index (χ2n) is 3.57. The minimum absolute atomic E-state index is 0.0854. The molecule has 0 aliphatic carbocycles. The highest BCUT2D eigenvalue weighted by atomic mass is 79.9. The van der Waals surface area contributed by atoms with Crippen LogP contribution in [0.2, 0.25) is 0 Å². The van der Waals surface area contributed by atoms with Crippen LogP contribution in [0.1, 0.15) is 10.4 Å². The summed E-state index contributed by atoms with van der Waals surface area (Å²) in [7, 11) is 0. The first-order chi connectivity index (χ1) is 8.59. The monoisotopic (exact) mass is 369 g/mol. The van der Waals surface area contributed by atoms with E-state index in [4.69, 9.17) is 0 Å². The summed E-state index contributed by atoms with van der Waals surface area (Å²) in [4.78, 5) is 12.1. The number of halogens is 2. The molecule has 0 aliphatic heterocycles. The highest BCUT2D eigenvalue weighted by molar-refractivity contribution is 9.11. The minimum Gasteiger partial charge on any atom is -0.506 e. The fourth-order valence-electron chi connectivity index (χ4n) is 1.47. The molecule has 18 heavy (non-hydrogen) atoms. The van der Waals surface area contributed by atoms with Crippen LogP contribution in [0.3, 0.4) is 0 Å². The molecule has 0 unspecified atom stereocenters. The number of para-hydroxylation sites is 1. The fourth-order valence-corrected chi connectivity index (χ4v) is 2.30. The molecule has 0 spiro atoms. The van der Waals surface area contributed by atoms with E-state index in [0.717, 1.165) is 0 Å². The summed E-state index contributed by atoms with van der Waals surface area (Å²) in [5, 5.41) is 12.6. The van der Waals surface area contributed by atoms with Gasteiger partial charge in [-0.15, -0.1) is 0 Å². The van der Waals surface area contributed by atoms with Gasteiger partial charge in [0.1, 0.15) is 5.75 Å². The largest absolute Gasteiger partial charge is 0.506 e. The highest BCUT2D eigenvalue weighted by Gasteiger charge is 2.17. The molecular weight excluding hydrogens is 362 g/mol. The smallest absolute Gasteiger partial charge is 0.260 e. The third kappa shape index (κ3) is 2.73. The minimum atomic E-state index is -0.369. The molecule has 1 amide bonds. The van der Waals surface area contributed by atoms with Crippen molar-refractivity contribution in [2.24, 2.45) is 0 Å². The van der Waals surface area contributed by atoms with E-state index in [1.165, 1.54) is 0 Å². The summed E-state index contributed by atoms with van der Waals surface area (Å²) in [6, 6.07) is 12.4. The number of amides is 1. The topological polar surface area (TPSA) is 49.3 Å². The van der Waals surface area contributed by atoms with Gasteiger partial charge in [0.2, 0.25) is 0 Å². The Labute approximate surface area is 121 Å². The van der Waals surface area contributed by atoms with E-state index in [1.54, 1.807) is 24.3 Å². The first-order valence-electron chi connectivity index (χ1n) is 5.13. The quantitative estimate of drug-likeness (QED) is 0.833. The molecule has 0 aromatic heterocycles. The molecule has 2 N–H and O–H groups in total. The number of hydrogen-bond donors (Lipinski definition) is 2. The molecule has 0 radical (unpaired) electrons. The van der Waals surface area contributed by atoms with Crippen molar-refractivity contribution in [2.75, 3.05) is 5.32 Å². The van der Waals surface area contributed by atoms with E-state index >= 15 is 0 Å². The Hall–Kier alpha value is -1.33. The molecule has 3 nitrogen and oxygen atoms in total. The molecule has 5 heteroatoms. The normalized spacial score (nSPS) is 10.1. The molecule has 0 saturated heterocycles. The van der Waals surface area contributed by atoms with Crippen molar-refractivity contribution in [1.29, 1.82) is 0 Å². The Morgan fingerprint density at radius 1 is 1.00 bits per heavy atom. The van der Waals surface area contributed by atoms with Crippen LogP contribution in [0, 0.1) is 0 Å². The molecule has 0 atom stereocenters. The number of carbonyl (C=O) groups excluding carboxylic acids is 1. The molecule has 0 bridgehead atoms. The molecule has 2 aromatic rings. The predicted octanol–water partition coefficient (Wildman–Crippen LogP) is 4.17. The van der Waals surface area contributed by atoms with E-state index in [0.29, 0.717) is 14.6 Å². The number of benzene rings is 2. The standard InChI is InChI=1S/C13H9Br2NO2/c14-9-6-7-10(15)12(17)11(9)13(18)16-8-4-2-1-3-5-8/h1-7,17H,(H,16,18). The van der Waals surface area contributed by atoms with Gasteiger partial charge < -0.3 is 10.4 Å². The number of carbonyl (C=O) groups is 1. The number of nitrogens with one attached hydrogen (secondary N) is 1. The molecule has 92 valence electrons. The zero-order valence-corrected chi connectivity index (χ0v) is 12.3. The zero-order valence-electron chi connectivity index (χ0n) is 9.15. The zero-order chi connectivity index (χ0) is 13.1. The maximum Gasteiger partial charge on any atom is 0.260 e. The summed E-state index contributed by atoms with van der Waals surface area (Å²) < 4.78 is 1.01. The van der Waals surface area contributed by atoms with Crippen molar-refractivity contribution in [3.05, 3.63) is 57.0 Å². The summed E-state index contributed by atoms with van der Waals surface area (Å²) in [5.41, 5.74) is 0.877. The van der Waals surface area contributed by atoms with Crippen LogP contribution in [0.25, 0.3) is 0 Å². The Bertz CT molecular complexity index is 585. The Morgan fingerprint density at radius 3 is 2.28 bits per heavy atom. The van der Waals surface area contributed by atoms with Gasteiger partial charge in [-0.2, -0.15) is 0 Å². The summed E-state index contributed by atoms with van der Waals surface area (Å²) in [5.74, 6) is -0.454. The Morgan fingerprint density at radius 2 is 1.61 bits per heavy atom. The average molecular weight is 371 g/mol. The van der Waals surface area contributed by atoms with Gasteiger partial charge in [0, 0.05) is 10.2 Å². The van der Waals surface area contributed by atoms with Crippen LogP contribution in [0.15, 0.2) is 51.4 Å². The average Bonchev–Trinajstić information content (AvgIpc) is 2.36. The molecule has 0 heterocycles. The van der Waals surface area contributed by atoms with Gasteiger partial charge in [0.25, 0.3) is 5.91 Å². The number of aromatic hydroxyl groups is 1. The second-order valence-corrected chi connectivity index (χ2v) is 5.28. The first-order valence-corrected chi connectivity index (χ1v) is 6.71. The van der Waals surface area contributed by atoms with E-state index in [9.17, 15) is 9.90 Å². The van der Waals surface area contributed by atoms with Gasteiger partial charge in [-0.05, 0) is 56.1 Å². The maximum absolute atomic E-state index is 12.1. The van der Waals surface area contributed by atoms with Crippen LogP contribution in [0.4, 0.5) is 5.69 Å². The third-order valence-electron chi connectivity index (χ3n) is 2.34. The molecular formula is C13H9Br2NO2. The third-order valence-corrected chi connectivity index (χ3v) is 3.64. The van der Waals surface area contributed by atoms with Crippen molar-refractivity contribution in [1.82, 2.24) is 0 Å². The van der Waals surface area contributed by atoms with E-state index in [2.05, 4.69) is 37.2 Å². The van der Waals surface area contributed by atoms with Crippen molar-refractivity contribution in [2.45, 2.75) is 0 Å². The van der Waals surface area contributed by atoms with E-state index in [-0.39, 0.29) is 17.2 Å². The fraction of sp³-hybridized carbons (Fsp3) is 0. The van der Waals surface area contributed by atoms with Gasteiger partial charge in [-0.1, -0.05) is 18.2 Å². The molecule has 2 aromatic carbocycles. The molecule has 0 fully saturated rings. The van der Waals surface area contributed by atoms with Crippen LogP contribution in [-0.4, -0.2) is 11.0 Å². The van der Waals surface area contributed by atoms with Crippen molar-refractivity contribution >= 4 is 43.5 Å². The lowest BCUT2D eigenvalue weighted by atomic mass is 10.2. The number of rotatable bonds is 2. The highest BCUT2D eigenvalue weighted by Crippen LogP contribution is 2.33. The van der Waals surface area contributed by atoms with Gasteiger partial charge in [-0.3, -0.25) is 4.79 Å². The van der Waals surface area contributed by atoms with Crippen molar-refractivity contribution in [3.63, 3.8) is 0 Å². The van der Waals surface area contributed by atoms with Crippen LogP contribution in [0.5, 0.6) is 5.75 Å². The summed E-state index contributed by atoms with van der Waals surface area (Å²) >= 11 is 6.44. The van der Waals surface area contributed by atoms with Crippen LogP contribution >= 0.6 is 31.9 Å². The molecule has 2 rings (SSSR count). The Balaban J connectivity index is 2.33. The number of phenols is 1.